The number of nitrogens with zero attached hydrogens (tertiary/aromatic N) is 1. The van der Waals surface area contributed by atoms with Crippen molar-refractivity contribution in [3.63, 3.8) is 0 Å². The third-order valence-electron chi connectivity index (χ3n) is 2.91. The van der Waals surface area contributed by atoms with E-state index in [0.29, 0.717) is 0 Å². The number of aromatic amines is 1. The first kappa shape index (κ1) is 9.15. The van der Waals surface area contributed by atoms with Crippen LogP contribution in [0.25, 0.3) is 0 Å². The second-order valence-electron chi connectivity index (χ2n) is 3.92. The fourth-order valence-electron chi connectivity index (χ4n) is 2.08. The number of carbonyl (C=O) groups is 1. The fourth-order valence-corrected chi connectivity index (χ4v) is 2.08. The van der Waals surface area contributed by atoms with Crippen molar-refractivity contribution in [1.82, 2.24) is 15.5 Å². The van der Waals surface area contributed by atoms with Crippen LogP contribution in [0.3, 0.4) is 0 Å². The highest BCUT2D eigenvalue weighted by molar-refractivity contribution is 5.97. The maximum absolute atomic E-state index is 11.8. The molecule has 4 nitrogen and oxygen atoms in total. The zero-order valence-electron chi connectivity index (χ0n) is 8.60. The van der Waals surface area contributed by atoms with Crippen LogP contribution in [-0.2, 0) is 6.42 Å². The monoisotopic (exact) mass is 213 g/mol. The SMILES string of the molecule is O=C1NC(c2cn[nH]c2)Cc2ccccc21. The van der Waals surface area contributed by atoms with Crippen molar-refractivity contribution < 1.29 is 4.79 Å². The van der Waals surface area contributed by atoms with Gasteiger partial charge in [-0.25, -0.2) is 0 Å². The summed E-state index contributed by atoms with van der Waals surface area (Å²) in [5, 5.41) is 9.64. The number of nitrogens with one attached hydrogen (secondary N) is 2. The maximum Gasteiger partial charge on any atom is 0.252 e. The third-order valence-corrected chi connectivity index (χ3v) is 2.91. The Bertz CT molecular complexity index is 519. The Morgan fingerprint density at radius 3 is 3.00 bits per heavy atom. The second-order valence-corrected chi connectivity index (χ2v) is 3.92. The lowest BCUT2D eigenvalue weighted by Crippen LogP contribution is -2.35. The lowest BCUT2D eigenvalue weighted by Gasteiger charge is -2.24. The van der Waals surface area contributed by atoms with Crippen molar-refractivity contribution in [2.24, 2.45) is 0 Å². The lowest BCUT2D eigenvalue weighted by atomic mass is 9.93. The van der Waals surface area contributed by atoms with Crippen LogP contribution in [0.1, 0.15) is 27.5 Å². The van der Waals surface area contributed by atoms with E-state index in [2.05, 4.69) is 15.5 Å². The predicted octanol–water partition coefficient (Wildman–Crippen LogP) is 1.44. The molecule has 1 atom stereocenters. The molecule has 80 valence electrons. The smallest absolute Gasteiger partial charge is 0.252 e. The number of fused-ring (bicyclic) bond motifs is 1. The standard InChI is InChI=1S/C12H11N3O/c16-12-10-4-2-1-3-8(10)5-11(15-12)9-6-13-14-7-9/h1-4,6-7,11H,5H2,(H,13,14)(H,15,16). The van der Waals surface area contributed by atoms with E-state index < -0.39 is 0 Å². The van der Waals surface area contributed by atoms with E-state index in [1.165, 1.54) is 0 Å². The number of carbonyl (C=O) groups excluding carboxylic acids is 1. The summed E-state index contributed by atoms with van der Waals surface area (Å²) >= 11 is 0. The van der Waals surface area contributed by atoms with Crippen LogP contribution in [-0.4, -0.2) is 16.1 Å². The first-order valence-electron chi connectivity index (χ1n) is 5.22. The molecule has 1 aromatic heterocycles. The van der Waals surface area contributed by atoms with Gasteiger partial charge in [0.2, 0.25) is 0 Å². The van der Waals surface area contributed by atoms with Gasteiger partial charge in [-0.2, -0.15) is 5.10 Å². The van der Waals surface area contributed by atoms with Gasteiger partial charge in [0.1, 0.15) is 0 Å². The quantitative estimate of drug-likeness (QED) is 0.753. The average molecular weight is 213 g/mol. The molecule has 0 saturated carbocycles. The number of aromatic nitrogens is 2. The summed E-state index contributed by atoms with van der Waals surface area (Å²) in [6, 6.07) is 7.74. The Morgan fingerprint density at radius 2 is 2.19 bits per heavy atom. The Kier molecular flexibility index (Phi) is 1.99. The van der Waals surface area contributed by atoms with E-state index in [9.17, 15) is 4.79 Å². The first-order chi connectivity index (χ1) is 7.84. The van der Waals surface area contributed by atoms with E-state index in [-0.39, 0.29) is 11.9 Å². The number of hydrogen-bond donors (Lipinski definition) is 2. The van der Waals surface area contributed by atoms with E-state index in [1.807, 2.05) is 30.5 Å². The summed E-state index contributed by atoms with van der Waals surface area (Å²) in [5.74, 6) is -0.00644. The van der Waals surface area contributed by atoms with E-state index >= 15 is 0 Å². The summed E-state index contributed by atoms with van der Waals surface area (Å²) in [6.45, 7) is 0. The summed E-state index contributed by atoms with van der Waals surface area (Å²) in [4.78, 5) is 11.8. The van der Waals surface area contributed by atoms with Gasteiger partial charge in [-0.1, -0.05) is 18.2 Å². The topological polar surface area (TPSA) is 57.8 Å². The second kappa shape index (κ2) is 3.48. The minimum atomic E-state index is -0.00644. The molecule has 1 unspecified atom stereocenters. The zero-order valence-corrected chi connectivity index (χ0v) is 8.60. The molecular weight excluding hydrogens is 202 g/mol. The van der Waals surface area contributed by atoms with E-state index in [1.54, 1.807) is 6.20 Å². The molecule has 1 amide bonds. The van der Waals surface area contributed by atoms with Crippen LogP contribution in [0.15, 0.2) is 36.7 Å². The lowest BCUT2D eigenvalue weighted by molar-refractivity contribution is 0.0925. The van der Waals surface area contributed by atoms with Crippen LogP contribution < -0.4 is 5.32 Å². The molecule has 0 spiro atoms. The van der Waals surface area contributed by atoms with E-state index in [4.69, 9.17) is 0 Å². The highest BCUT2D eigenvalue weighted by Gasteiger charge is 2.24. The molecule has 0 bridgehead atoms. The fraction of sp³-hybridized carbons (Fsp3) is 0.167. The molecule has 4 heteroatoms. The number of amides is 1. The summed E-state index contributed by atoms with van der Waals surface area (Å²) in [6.07, 6.45) is 4.39. The number of H-pyrrole nitrogens is 1. The molecule has 16 heavy (non-hydrogen) atoms. The van der Waals surface area contributed by atoms with Crippen LogP contribution in [0.2, 0.25) is 0 Å². The molecule has 2 aromatic rings. The third kappa shape index (κ3) is 1.39. The molecule has 3 rings (SSSR count). The summed E-state index contributed by atoms with van der Waals surface area (Å²) in [5.41, 5.74) is 2.89. The van der Waals surface area contributed by atoms with Crippen molar-refractivity contribution in [3.8, 4) is 0 Å². The summed E-state index contributed by atoms with van der Waals surface area (Å²) in [7, 11) is 0. The van der Waals surface area contributed by atoms with Crippen LogP contribution >= 0.6 is 0 Å². The maximum atomic E-state index is 11.8. The van der Waals surface area contributed by atoms with E-state index in [0.717, 1.165) is 23.1 Å². The van der Waals surface area contributed by atoms with Crippen LogP contribution in [0.5, 0.6) is 0 Å². The minimum absolute atomic E-state index is 0.00644. The molecule has 0 fully saturated rings. The van der Waals surface area contributed by atoms with Crippen molar-refractivity contribution in [2.45, 2.75) is 12.5 Å². The van der Waals surface area contributed by atoms with Crippen LogP contribution in [0.4, 0.5) is 0 Å². The highest BCUT2D eigenvalue weighted by atomic mass is 16.1. The van der Waals surface area contributed by atoms with Gasteiger partial charge in [-0.3, -0.25) is 9.89 Å². The van der Waals surface area contributed by atoms with Gasteiger partial charge in [-0.15, -0.1) is 0 Å². The van der Waals surface area contributed by atoms with Gasteiger partial charge in [-0.05, 0) is 18.1 Å². The number of benzene rings is 1. The number of rotatable bonds is 1. The normalized spacial score (nSPS) is 19.0. The van der Waals surface area contributed by atoms with Gasteiger partial charge in [0.05, 0.1) is 12.2 Å². The molecule has 0 aliphatic carbocycles. The van der Waals surface area contributed by atoms with Gasteiger partial charge in [0.15, 0.2) is 0 Å². The van der Waals surface area contributed by atoms with Crippen LogP contribution in [0, 0.1) is 0 Å². The zero-order chi connectivity index (χ0) is 11.0. The average Bonchev–Trinajstić information content (AvgIpc) is 2.82. The Balaban J connectivity index is 1.98. The highest BCUT2D eigenvalue weighted by Crippen LogP contribution is 2.24. The predicted molar refractivity (Wildman–Crippen MR) is 58.9 cm³/mol. The molecule has 1 aliphatic heterocycles. The molecule has 2 heterocycles. The van der Waals surface area contributed by atoms with Gasteiger partial charge in [0.25, 0.3) is 5.91 Å². The molecule has 0 saturated heterocycles. The van der Waals surface area contributed by atoms with Crippen molar-refractivity contribution in [3.05, 3.63) is 53.3 Å². The van der Waals surface area contributed by atoms with Gasteiger partial charge in [0, 0.05) is 17.3 Å². The molecule has 1 aromatic carbocycles. The molecule has 1 aliphatic rings. The van der Waals surface area contributed by atoms with Gasteiger partial charge >= 0.3 is 0 Å². The Labute approximate surface area is 92.7 Å². The Hall–Kier alpha value is -2.10. The number of hydrogen-bond acceptors (Lipinski definition) is 2. The largest absolute Gasteiger partial charge is 0.345 e. The molecular formula is C12H11N3O. The summed E-state index contributed by atoms with van der Waals surface area (Å²) < 4.78 is 0. The van der Waals surface area contributed by atoms with Crippen molar-refractivity contribution >= 4 is 5.91 Å². The first-order valence-corrected chi connectivity index (χ1v) is 5.22. The van der Waals surface area contributed by atoms with Crippen molar-refractivity contribution in [2.75, 3.05) is 0 Å². The molecule has 0 radical (unpaired) electrons. The molecule has 2 N–H and O–H groups in total. The van der Waals surface area contributed by atoms with Gasteiger partial charge < -0.3 is 5.32 Å². The van der Waals surface area contributed by atoms with Crippen molar-refractivity contribution in [1.29, 1.82) is 0 Å². The minimum Gasteiger partial charge on any atom is -0.345 e. The Morgan fingerprint density at radius 1 is 1.31 bits per heavy atom.